The van der Waals surface area contributed by atoms with Crippen molar-refractivity contribution in [2.75, 3.05) is 5.43 Å². The molecular formula is C12H9N5O2S. The van der Waals surface area contributed by atoms with E-state index in [-0.39, 0.29) is 12.4 Å². The Morgan fingerprint density at radius 2 is 2.30 bits per heavy atom. The van der Waals surface area contributed by atoms with Gasteiger partial charge >= 0.3 is 0 Å². The molecule has 100 valence electrons. The summed E-state index contributed by atoms with van der Waals surface area (Å²) in [5.41, 5.74) is 3.68. The first-order valence-corrected chi connectivity index (χ1v) is 6.43. The quantitative estimate of drug-likeness (QED) is 0.558. The van der Waals surface area contributed by atoms with Crippen molar-refractivity contribution in [1.82, 2.24) is 9.59 Å². The van der Waals surface area contributed by atoms with Crippen LogP contribution in [0.15, 0.2) is 28.7 Å². The molecule has 0 unspecified atom stereocenters. The Bertz CT molecular complexity index is 789. The van der Waals surface area contributed by atoms with E-state index in [1.54, 1.807) is 6.07 Å². The van der Waals surface area contributed by atoms with Crippen LogP contribution in [-0.4, -0.2) is 9.59 Å². The molecule has 0 atom stereocenters. The van der Waals surface area contributed by atoms with Gasteiger partial charge in [0.15, 0.2) is 10.8 Å². The molecule has 0 saturated heterocycles. The smallest absolute Gasteiger partial charge is 0.246 e. The number of hydrogen-bond acceptors (Lipinski definition) is 8. The van der Waals surface area contributed by atoms with Crippen LogP contribution in [-0.2, 0) is 6.61 Å². The van der Waals surface area contributed by atoms with E-state index in [2.05, 4.69) is 15.0 Å². The maximum atomic E-state index is 9.10. The van der Waals surface area contributed by atoms with Gasteiger partial charge in [0.05, 0.1) is 5.39 Å². The van der Waals surface area contributed by atoms with Crippen molar-refractivity contribution in [3.05, 3.63) is 35.7 Å². The Hall–Kier alpha value is -2.63. The van der Waals surface area contributed by atoms with Crippen molar-refractivity contribution >= 4 is 27.5 Å². The van der Waals surface area contributed by atoms with Crippen LogP contribution in [0.25, 0.3) is 11.0 Å². The van der Waals surface area contributed by atoms with E-state index in [9.17, 15) is 0 Å². The highest BCUT2D eigenvalue weighted by molar-refractivity contribution is 7.10. The summed E-state index contributed by atoms with van der Waals surface area (Å²) in [6.07, 6.45) is 0. The zero-order valence-corrected chi connectivity index (χ0v) is 11.0. The summed E-state index contributed by atoms with van der Waals surface area (Å²) < 4.78 is 14.9. The zero-order valence-electron chi connectivity index (χ0n) is 10.2. The molecule has 20 heavy (non-hydrogen) atoms. The number of aromatic nitrogens is 2. The maximum absolute atomic E-state index is 9.10. The highest BCUT2D eigenvalue weighted by Gasteiger charge is 2.16. The number of furan rings is 1. The van der Waals surface area contributed by atoms with Gasteiger partial charge in [0, 0.05) is 11.5 Å². The molecule has 7 nitrogen and oxygen atoms in total. The molecule has 0 bridgehead atoms. The number of anilines is 1. The standard InChI is InChI=1S/C12H9N5O2S/c13-5-10-11(7-3-1-2-4-9(7)19-10)18-6-8-12(15-14)20-17-16-8/h1-4,15H,6,14H2. The molecule has 3 aromatic rings. The Morgan fingerprint density at radius 1 is 1.45 bits per heavy atom. The van der Waals surface area contributed by atoms with E-state index in [0.29, 0.717) is 22.0 Å². The molecule has 2 aromatic heterocycles. The minimum atomic E-state index is 0.136. The predicted molar refractivity (Wildman–Crippen MR) is 73.0 cm³/mol. The lowest BCUT2D eigenvalue weighted by molar-refractivity contribution is 0.299. The molecule has 0 radical (unpaired) electrons. The number of fused-ring (bicyclic) bond motifs is 1. The van der Waals surface area contributed by atoms with Crippen LogP contribution >= 0.6 is 11.5 Å². The van der Waals surface area contributed by atoms with Crippen molar-refractivity contribution in [2.24, 2.45) is 5.84 Å². The van der Waals surface area contributed by atoms with Gasteiger partial charge in [-0.1, -0.05) is 16.6 Å². The normalized spacial score (nSPS) is 10.4. The van der Waals surface area contributed by atoms with Crippen LogP contribution in [0.2, 0.25) is 0 Å². The number of nitriles is 1. The minimum absolute atomic E-state index is 0.136. The van der Waals surface area contributed by atoms with Gasteiger partial charge in [0.2, 0.25) is 5.76 Å². The Balaban J connectivity index is 1.93. The monoisotopic (exact) mass is 287 g/mol. The summed E-state index contributed by atoms with van der Waals surface area (Å²) in [6.45, 7) is 0.147. The average Bonchev–Trinajstić information content (AvgIpc) is 3.08. The SMILES string of the molecule is N#Cc1oc2ccccc2c1OCc1nnsc1NN. The maximum Gasteiger partial charge on any atom is 0.246 e. The number of rotatable bonds is 4. The summed E-state index contributed by atoms with van der Waals surface area (Å²) in [5, 5.41) is 14.4. The molecule has 3 rings (SSSR count). The number of nitrogens with one attached hydrogen (secondary N) is 1. The fourth-order valence-corrected chi connectivity index (χ4v) is 2.27. The third-order valence-electron chi connectivity index (χ3n) is 2.69. The summed E-state index contributed by atoms with van der Waals surface area (Å²) >= 11 is 1.13. The second-order valence-electron chi connectivity index (χ2n) is 3.85. The lowest BCUT2D eigenvalue weighted by Crippen LogP contribution is -2.08. The second-order valence-corrected chi connectivity index (χ2v) is 4.60. The van der Waals surface area contributed by atoms with Crippen LogP contribution < -0.4 is 16.0 Å². The van der Waals surface area contributed by atoms with Gasteiger partial charge < -0.3 is 14.6 Å². The van der Waals surface area contributed by atoms with Crippen molar-refractivity contribution in [1.29, 1.82) is 5.26 Å². The first-order valence-electron chi connectivity index (χ1n) is 5.65. The third-order valence-corrected chi connectivity index (χ3v) is 3.39. The number of ether oxygens (including phenoxy) is 1. The van der Waals surface area contributed by atoms with E-state index < -0.39 is 0 Å². The third kappa shape index (κ3) is 2.05. The van der Waals surface area contributed by atoms with Crippen LogP contribution in [0.1, 0.15) is 11.5 Å². The van der Waals surface area contributed by atoms with E-state index in [1.807, 2.05) is 24.3 Å². The van der Waals surface area contributed by atoms with Gasteiger partial charge in [0.1, 0.15) is 24.0 Å². The van der Waals surface area contributed by atoms with E-state index in [4.69, 9.17) is 20.3 Å². The molecule has 2 heterocycles. The van der Waals surface area contributed by atoms with Gasteiger partial charge in [-0.2, -0.15) is 5.26 Å². The van der Waals surface area contributed by atoms with Crippen molar-refractivity contribution < 1.29 is 9.15 Å². The molecule has 0 amide bonds. The number of nitrogens with two attached hydrogens (primary N) is 1. The molecule has 0 aliphatic heterocycles. The van der Waals surface area contributed by atoms with Gasteiger partial charge in [-0.15, -0.1) is 5.10 Å². The fourth-order valence-electron chi connectivity index (χ4n) is 1.79. The zero-order chi connectivity index (χ0) is 13.9. The largest absolute Gasteiger partial charge is 0.482 e. The van der Waals surface area contributed by atoms with E-state index >= 15 is 0 Å². The van der Waals surface area contributed by atoms with Crippen molar-refractivity contribution in [3.8, 4) is 11.8 Å². The fraction of sp³-hybridized carbons (Fsp3) is 0.0833. The highest BCUT2D eigenvalue weighted by atomic mass is 32.1. The van der Waals surface area contributed by atoms with Gasteiger partial charge in [-0.3, -0.25) is 0 Å². The number of hydrogen-bond donors (Lipinski definition) is 2. The Labute approximate surface area is 117 Å². The predicted octanol–water partition coefficient (Wildman–Crippen LogP) is 2.02. The van der Waals surface area contributed by atoms with Crippen LogP contribution in [0.4, 0.5) is 5.00 Å². The molecule has 1 aromatic carbocycles. The van der Waals surface area contributed by atoms with E-state index in [1.165, 1.54) is 0 Å². The summed E-state index contributed by atoms with van der Waals surface area (Å²) in [4.78, 5) is 0. The van der Waals surface area contributed by atoms with Gasteiger partial charge in [-0.05, 0) is 12.1 Å². The van der Waals surface area contributed by atoms with Crippen LogP contribution in [0, 0.1) is 11.3 Å². The van der Waals surface area contributed by atoms with Crippen molar-refractivity contribution in [2.45, 2.75) is 6.61 Å². The van der Waals surface area contributed by atoms with E-state index in [0.717, 1.165) is 16.9 Å². The minimum Gasteiger partial charge on any atom is -0.482 e. The number of para-hydroxylation sites is 1. The van der Waals surface area contributed by atoms with Gasteiger partial charge in [0.25, 0.3) is 0 Å². The van der Waals surface area contributed by atoms with Crippen LogP contribution in [0.3, 0.4) is 0 Å². The summed E-state index contributed by atoms with van der Waals surface area (Å²) in [5.74, 6) is 5.88. The lowest BCUT2D eigenvalue weighted by Gasteiger charge is -2.03. The first-order chi connectivity index (χ1) is 9.83. The Morgan fingerprint density at radius 3 is 3.10 bits per heavy atom. The molecule has 0 fully saturated rings. The average molecular weight is 287 g/mol. The topological polar surface area (TPSA) is 110 Å². The summed E-state index contributed by atoms with van der Waals surface area (Å²) in [6, 6.07) is 9.27. The number of benzene rings is 1. The molecule has 0 saturated carbocycles. The molecule has 0 spiro atoms. The molecule has 0 aliphatic rings. The van der Waals surface area contributed by atoms with Gasteiger partial charge in [-0.25, -0.2) is 5.84 Å². The first kappa shape index (κ1) is 12.4. The second kappa shape index (κ2) is 5.16. The molecule has 3 N–H and O–H groups in total. The lowest BCUT2D eigenvalue weighted by atomic mass is 10.2. The van der Waals surface area contributed by atoms with Crippen LogP contribution in [0.5, 0.6) is 5.75 Å². The summed E-state index contributed by atoms with van der Waals surface area (Å²) in [7, 11) is 0. The van der Waals surface area contributed by atoms with Crippen molar-refractivity contribution in [3.63, 3.8) is 0 Å². The Kier molecular flexibility index (Phi) is 3.20. The number of hydrazine groups is 1. The molecule has 0 aliphatic carbocycles. The number of nitrogens with zero attached hydrogens (tertiary/aromatic N) is 3. The number of nitrogen functional groups attached to an aromatic ring is 1. The highest BCUT2D eigenvalue weighted by Crippen LogP contribution is 2.33. The molecular weight excluding hydrogens is 278 g/mol. The molecule has 8 heteroatoms.